The molecule has 0 saturated carbocycles. The number of aromatic nitrogens is 2. The van der Waals surface area contributed by atoms with Gasteiger partial charge in [0.25, 0.3) is 5.56 Å². The summed E-state index contributed by atoms with van der Waals surface area (Å²) in [5.41, 5.74) is -0.0640. The topological polar surface area (TPSA) is 128 Å². The highest BCUT2D eigenvalue weighted by Gasteiger charge is 2.35. The van der Waals surface area contributed by atoms with Crippen molar-refractivity contribution < 1.29 is 14.9 Å². The van der Waals surface area contributed by atoms with Crippen LogP contribution in [0.1, 0.15) is 38.0 Å². The minimum absolute atomic E-state index is 0.147. The molecule has 1 aromatic heterocycles. The van der Waals surface area contributed by atoms with Gasteiger partial charge in [-0.25, -0.2) is 4.79 Å². The first kappa shape index (κ1) is 17.1. The number of aromatic amines is 1. The number of aliphatic hydroxyl groups excluding tert-OH is 2. The molecule has 3 atom stereocenters. The van der Waals surface area contributed by atoms with Crippen LogP contribution in [0.15, 0.2) is 21.4 Å². The van der Waals surface area contributed by atoms with E-state index in [0.29, 0.717) is 12.8 Å². The van der Waals surface area contributed by atoms with Gasteiger partial charge in [-0.15, -0.1) is 0 Å². The van der Waals surface area contributed by atoms with E-state index in [1.165, 1.54) is 10.8 Å². The largest absolute Gasteiger partial charge is 0.394 e. The lowest BCUT2D eigenvalue weighted by molar-refractivity contribution is -0.0459. The molecule has 0 bridgehead atoms. The maximum Gasteiger partial charge on any atom is 0.330 e. The van der Waals surface area contributed by atoms with Crippen molar-refractivity contribution in [3.63, 3.8) is 0 Å². The normalized spacial score (nSPS) is 24.6. The quantitative estimate of drug-likeness (QED) is 0.694. The van der Waals surface area contributed by atoms with Crippen LogP contribution in [-0.4, -0.2) is 38.6 Å². The van der Waals surface area contributed by atoms with Gasteiger partial charge in [0.1, 0.15) is 12.3 Å². The van der Waals surface area contributed by atoms with Crippen molar-refractivity contribution >= 4 is 6.08 Å². The molecule has 2 heterocycles. The Morgan fingerprint density at radius 2 is 2.35 bits per heavy atom. The molecule has 1 aliphatic rings. The summed E-state index contributed by atoms with van der Waals surface area (Å²) in [6.07, 6.45) is 1.62. The molecule has 23 heavy (non-hydrogen) atoms. The van der Waals surface area contributed by atoms with E-state index in [1.54, 1.807) is 13.0 Å². The predicted molar refractivity (Wildman–Crippen MR) is 81.4 cm³/mol. The van der Waals surface area contributed by atoms with E-state index < -0.39 is 29.7 Å². The highest BCUT2D eigenvalue weighted by molar-refractivity contribution is 5.50. The smallest absolute Gasteiger partial charge is 0.330 e. The first-order chi connectivity index (χ1) is 11.0. The first-order valence-electron chi connectivity index (χ1n) is 7.30. The van der Waals surface area contributed by atoms with Crippen LogP contribution in [0, 0.1) is 11.3 Å². The average molecular weight is 321 g/mol. The predicted octanol–water partition coefficient (Wildman–Crippen LogP) is -0.116. The van der Waals surface area contributed by atoms with Crippen LogP contribution in [0.4, 0.5) is 0 Å². The minimum atomic E-state index is -0.875. The molecule has 0 aliphatic carbocycles. The van der Waals surface area contributed by atoms with Gasteiger partial charge < -0.3 is 14.9 Å². The molecule has 8 nitrogen and oxygen atoms in total. The Kier molecular flexibility index (Phi) is 5.50. The second-order valence-electron chi connectivity index (χ2n) is 5.51. The van der Waals surface area contributed by atoms with E-state index in [-0.39, 0.29) is 18.6 Å². The van der Waals surface area contributed by atoms with Crippen molar-refractivity contribution in [3.05, 3.63) is 38.2 Å². The Bertz CT molecular complexity index is 743. The fourth-order valence-electron chi connectivity index (χ4n) is 2.46. The molecule has 8 heteroatoms. The van der Waals surface area contributed by atoms with Gasteiger partial charge in [0.05, 0.1) is 24.3 Å². The number of nitriles is 1. The fourth-order valence-corrected chi connectivity index (χ4v) is 2.46. The summed E-state index contributed by atoms with van der Waals surface area (Å²) < 4.78 is 6.63. The summed E-state index contributed by atoms with van der Waals surface area (Å²) >= 11 is 0. The van der Waals surface area contributed by atoms with Gasteiger partial charge >= 0.3 is 5.69 Å². The Morgan fingerprint density at radius 1 is 1.61 bits per heavy atom. The molecule has 3 N–H and O–H groups in total. The molecule has 2 rings (SSSR count). The molecule has 0 radical (unpaired) electrons. The van der Waals surface area contributed by atoms with Gasteiger partial charge in [-0.1, -0.05) is 5.57 Å². The average Bonchev–Trinajstić information content (AvgIpc) is 2.88. The van der Waals surface area contributed by atoms with Crippen molar-refractivity contribution in [2.75, 3.05) is 6.61 Å². The van der Waals surface area contributed by atoms with Crippen molar-refractivity contribution in [1.29, 1.82) is 5.26 Å². The number of allylic oxidation sites excluding steroid dienone is 1. The van der Waals surface area contributed by atoms with E-state index in [4.69, 9.17) is 15.1 Å². The molecular weight excluding hydrogens is 302 g/mol. The molecule has 124 valence electrons. The zero-order chi connectivity index (χ0) is 17.0. The maximum atomic E-state index is 12.0. The second kappa shape index (κ2) is 7.37. The van der Waals surface area contributed by atoms with Crippen LogP contribution in [0.2, 0.25) is 0 Å². The van der Waals surface area contributed by atoms with Crippen LogP contribution < -0.4 is 11.2 Å². The van der Waals surface area contributed by atoms with Crippen LogP contribution in [-0.2, 0) is 4.74 Å². The molecule has 1 fully saturated rings. The second-order valence-corrected chi connectivity index (χ2v) is 5.51. The van der Waals surface area contributed by atoms with Gasteiger partial charge in [-0.3, -0.25) is 14.3 Å². The minimum Gasteiger partial charge on any atom is -0.394 e. The molecular formula is C15H19N3O5. The number of hydrogen-bond acceptors (Lipinski definition) is 6. The van der Waals surface area contributed by atoms with Crippen molar-refractivity contribution in [2.24, 2.45) is 0 Å². The van der Waals surface area contributed by atoms with Gasteiger partial charge in [0.2, 0.25) is 0 Å². The van der Waals surface area contributed by atoms with Crippen LogP contribution in [0.5, 0.6) is 0 Å². The SMILES string of the molecule is CC(=Cc1cn([C@H]2C[C@H](O)[C@@H](CO)O2)c(=O)[nH]c1=O)CCC#N. The Balaban J connectivity index is 2.32. The standard InChI is InChI=1S/C15H19N3O5/c1-9(3-2-4-16)5-10-7-18(15(22)17-14(10)21)13-6-11(20)12(8-19)23-13/h5,7,11-13,19-20H,2-3,6,8H2,1H3,(H,17,21,22)/t11-,12+,13+/m0/s1. The van der Waals surface area contributed by atoms with Crippen LogP contribution in [0.25, 0.3) is 6.08 Å². The number of nitrogens with zero attached hydrogens (tertiary/aromatic N) is 2. The van der Waals surface area contributed by atoms with Crippen LogP contribution in [0.3, 0.4) is 0 Å². The first-order valence-corrected chi connectivity index (χ1v) is 7.30. The molecule has 0 aromatic carbocycles. The number of aliphatic hydroxyl groups is 2. The van der Waals surface area contributed by atoms with Gasteiger partial charge in [0.15, 0.2) is 0 Å². The molecule has 1 aromatic rings. The zero-order valence-corrected chi connectivity index (χ0v) is 12.7. The van der Waals surface area contributed by atoms with E-state index in [9.17, 15) is 14.7 Å². The lowest BCUT2D eigenvalue weighted by Crippen LogP contribution is -2.33. The maximum absolute atomic E-state index is 12.0. The lowest BCUT2D eigenvalue weighted by Gasteiger charge is -2.14. The van der Waals surface area contributed by atoms with Gasteiger partial charge in [-0.05, 0) is 19.4 Å². The van der Waals surface area contributed by atoms with Gasteiger partial charge in [0, 0.05) is 19.0 Å². The summed E-state index contributed by atoms with van der Waals surface area (Å²) in [5, 5.41) is 27.4. The van der Waals surface area contributed by atoms with Crippen molar-refractivity contribution in [3.8, 4) is 6.07 Å². The third kappa shape index (κ3) is 3.96. The molecule has 0 unspecified atom stereocenters. The molecule has 0 amide bonds. The Hall–Kier alpha value is -2.21. The van der Waals surface area contributed by atoms with E-state index in [2.05, 4.69) is 4.98 Å². The summed E-state index contributed by atoms with van der Waals surface area (Å²) in [6.45, 7) is 1.44. The summed E-state index contributed by atoms with van der Waals surface area (Å²) in [4.78, 5) is 26.1. The number of ether oxygens (including phenoxy) is 1. The van der Waals surface area contributed by atoms with E-state index >= 15 is 0 Å². The molecule has 1 aliphatic heterocycles. The third-order valence-corrected chi connectivity index (χ3v) is 3.72. The molecule has 0 spiro atoms. The number of H-pyrrole nitrogens is 1. The van der Waals surface area contributed by atoms with Crippen molar-refractivity contribution in [2.45, 2.75) is 44.6 Å². The Morgan fingerprint density at radius 3 is 2.96 bits per heavy atom. The number of rotatable bonds is 5. The van der Waals surface area contributed by atoms with Crippen LogP contribution >= 0.6 is 0 Å². The number of hydrogen-bond donors (Lipinski definition) is 3. The summed E-state index contributed by atoms with van der Waals surface area (Å²) in [6, 6.07) is 2.03. The zero-order valence-electron chi connectivity index (χ0n) is 12.7. The highest BCUT2D eigenvalue weighted by Crippen LogP contribution is 2.27. The summed E-state index contributed by atoms with van der Waals surface area (Å²) in [7, 11) is 0. The van der Waals surface area contributed by atoms with E-state index in [1.807, 2.05) is 6.07 Å². The monoisotopic (exact) mass is 321 g/mol. The fraction of sp³-hybridized carbons (Fsp3) is 0.533. The van der Waals surface area contributed by atoms with Crippen molar-refractivity contribution in [1.82, 2.24) is 9.55 Å². The lowest BCUT2D eigenvalue weighted by atomic mass is 10.1. The highest BCUT2D eigenvalue weighted by atomic mass is 16.5. The Labute approximate surface area is 132 Å². The van der Waals surface area contributed by atoms with Gasteiger partial charge in [-0.2, -0.15) is 5.26 Å². The summed E-state index contributed by atoms with van der Waals surface area (Å²) in [5.74, 6) is 0. The van der Waals surface area contributed by atoms with E-state index in [0.717, 1.165) is 5.57 Å². The molecule has 1 saturated heterocycles. The number of nitrogens with one attached hydrogen (secondary N) is 1. The third-order valence-electron chi connectivity index (χ3n) is 3.72.